The number of hydrogen-bond donors (Lipinski definition) is 1. The van der Waals surface area contributed by atoms with Crippen LogP contribution in [0.15, 0.2) is 46.9 Å². The van der Waals surface area contributed by atoms with Gasteiger partial charge in [0.2, 0.25) is 0 Å². The van der Waals surface area contributed by atoms with Gasteiger partial charge < -0.3 is 14.8 Å². The summed E-state index contributed by atoms with van der Waals surface area (Å²) in [4.78, 5) is 25.2. The van der Waals surface area contributed by atoms with Crippen LogP contribution in [-0.4, -0.2) is 49.8 Å². The van der Waals surface area contributed by atoms with E-state index in [2.05, 4.69) is 10.4 Å². The van der Waals surface area contributed by atoms with Gasteiger partial charge in [-0.2, -0.15) is 5.10 Å². The van der Waals surface area contributed by atoms with E-state index < -0.39 is 5.91 Å². The maximum atomic E-state index is 14.0. The molecule has 0 bridgehead atoms. The summed E-state index contributed by atoms with van der Waals surface area (Å²) in [6, 6.07) is 9.74. The lowest BCUT2D eigenvalue weighted by Gasteiger charge is -2.23. The monoisotopic (exact) mass is 455 g/mol. The van der Waals surface area contributed by atoms with Crippen molar-refractivity contribution in [2.75, 3.05) is 27.3 Å². The molecule has 32 heavy (non-hydrogen) atoms. The van der Waals surface area contributed by atoms with E-state index in [1.807, 2.05) is 11.4 Å². The number of fused-ring (bicyclic) bond motifs is 1. The highest BCUT2D eigenvalue weighted by Crippen LogP contribution is 2.31. The quantitative estimate of drug-likeness (QED) is 0.613. The van der Waals surface area contributed by atoms with Crippen LogP contribution in [-0.2, 0) is 4.79 Å². The Labute approximate surface area is 188 Å². The fraction of sp³-hybridized carbons (Fsp3) is 0.261. The molecule has 0 aliphatic carbocycles. The Hall–Kier alpha value is -3.46. The second kappa shape index (κ2) is 9.35. The van der Waals surface area contributed by atoms with Gasteiger partial charge in [0.15, 0.2) is 11.5 Å². The largest absolute Gasteiger partial charge is 0.493 e. The number of rotatable bonds is 6. The van der Waals surface area contributed by atoms with Crippen LogP contribution >= 0.6 is 11.3 Å². The molecule has 0 atom stereocenters. The first-order valence-corrected chi connectivity index (χ1v) is 10.9. The molecule has 1 aliphatic rings. The van der Waals surface area contributed by atoms with E-state index in [0.29, 0.717) is 34.7 Å². The summed E-state index contributed by atoms with van der Waals surface area (Å²) >= 11 is 1.33. The molecular formula is C23H22FN3O4S. The van der Waals surface area contributed by atoms with Gasteiger partial charge in [0.1, 0.15) is 5.82 Å². The van der Waals surface area contributed by atoms with Gasteiger partial charge in [-0.15, -0.1) is 11.3 Å². The van der Waals surface area contributed by atoms with E-state index in [1.54, 1.807) is 24.3 Å². The zero-order valence-electron chi connectivity index (χ0n) is 17.7. The molecule has 7 nitrogen and oxygen atoms in total. The maximum Gasteiger partial charge on any atom is 0.262 e. The van der Waals surface area contributed by atoms with E-state index in [4.69, 9.17) is 9.47 Å². The van der Waals surface area contributed by atoms with Crippen molar-refractivity contribution in [2.45, 2.75) is 12.8 Å². The van der Waals surface area contributed by atoms with Crippen LogP contribution in [0.3, 0.4) is 0 Å². The predicted octanol–water partition coefficient (Wildman–Crippen LogP) is 3.81. The van der Waals surface area contributed by atoms with Crippen molar-refractivity contribution >= 4 is 38.9 Å². The van der Waals surface area contributed by atoms with Gasteiger partial charge >= 0.3 is 0 Å². The standard InChI is InChI=1S/C23H22FN3O4S/c1-30-19-9-8-14(11-20(19)31-2)23(29)25-12-21(28)27-10-4-7-18(26-27)16-13-32-22-15(16)5-3-6-17(22)24/h3,5-6,8-9,11,13H,4,7,10,12H2,1-2H3,(H,25,29). The van der Waals surface area contributed by atoms with Gasteiger partial charge in [0.05, 0.1) is 31.2 Å². The lowest BCUT2D eigenvalue weighted by atomic mass is 10.0. The Balaban J connectivity index is 1.45. The van der Waals surface area contributed by atoms with E-state index in [9.17, 15) is 14.0 Å². The van der Waals surface area contributed by atoms with Crippen LogP contribution in [0.2, 0.25) is 0 Å². The lowest BCUT2D eigenvalue weighted by Crippen LogP contribution is -2.40. The summed E-state index contributed by atoms with van der Waals surface area (Å²) in [5, 5.41) is 11.2. The molecule has 0 unspecified atom stereocenters. The van der Waals surface area contributed by atoms with Crippen molar-refractivity contribution in [2.24, 2.45) is 5.10 Å². The Morgan fingerprint density at radius 1 is 1.19 bits per heavy atom. The highest BCUT2D eigenvalue weighted by molar-refractivity contribution is 7.17. The normalized spacial score (nSPS) is 13.6. The molecule has 0 fully saturated rings. The number of carbonyl (C=O) groups is 2. The van der Waals surface area contributed by atoms with Gasteiger partial charge in [-0.05, 0) is 37.1 Å². The molecule has 0 spiro atoms. The van der Waals surface area contributed by atoms with Crippen LogP contribution in [0, 0.1) is 5.82 Å². The van der Waals surface area contributed by atoms with Crippen molar-refractivity contribution in [1.29, 1.82) is 0 Å². The van der Waals surface area contributed by atoms with E-state index in [1.165, 1.54) is 36.6 Å². The maximum absolute atomic E-state index is 14.0. The zero-order chi connectivity index (χ0) is 22.7. The van der Waals surface area contributed by atoms with Crippen molar-refractivity contribution in [1.82, 2.24) is 10.3 Å². The zero-order valence-corrected chi connectivity index (χ0v) is 18.5. The number of ether oxygens (including phenoxy) is 2. The summed E-state index contributed by atoms with van der Waals surface area (Å²) in [6.07, 6.45) is 1.44. The summed E-state index contributed by atoms with van der Waals surface area (Å²) in [6.45, 7) is 0.272. The summed E-state index contributed by atoms with van der Waals surface area (Å²) in [5.74, 6) is -0.0464. The number of nitrogens with one attached hydrogen (secondary N) is 1. The van der Waals surface area contributed by atoms with Gasteiger partial charge in [0, 0.05) is 28.4 Å². The second-order valence-corrected chi connectivity index (χ2v) is 8.07. The number of thiophene rings is 1. The molecule has 2 aromatic carbocycles. The molecule has 3 aromatic rings. The first-order valence-electron chi connectivity index (χ1n) is 10.1. The molecule has 1 N–H and O–H groups in total. The second-order valence-electron chi connectivity index (χ2n) is 7.19. The van der Waals surface area contributed by atoms with Crippen LogP contribution in [0.1, 0.15) is 28.8 Å². The number of carbonyl (C=O) groups excluding carboxylic acids is 2. The van der Waals surface area contributed by atoms with E-state index in [-0.39, 0.29) is 18.3 Å². The number of benzene rings is 2. The molecule has 166 valence electrons. The third-order valence-electron chi connectivity index (χ3n) is 5.22. The number of amides is 2. The fourth-order valence-electron chi connectivity index (χ4n) is 3.58. The summed E-state index contributed by atoms with van der Waals surface area (Å²) in [7, 11) is 3.00. The van der Waals surface area contributed by atoms with Crippen LogP contribution in [0.25, 0.3) is 10.1 Å². The summed E-state index contributed by atoms with van der Waals surface area (Å²) in [5.41, 5.74) is 1.94. The molecule has 2 amide bonds. The first kappa shape index (κ1) is 21.8. The van der Waals surface area contributed by atoms with Crippen molar-refractivity contribution in [3.05, 3.63) is 58.7 Å². The van der Waals surface area contributed by atoms with Crippen LogP contribution in [0.5, 0.6) is 11.5 Å². The summed E-state index contributed by atoms with van der Waals surface area (Å²) < 4.78 is 25.0. The van der Waals surface area contributed by atoms with Crippen LogP contribution in [0.4, 0.5) is 4.39 Å². The Morgan fingerprint density at radius 2 is 2.00 bits per heavy atom. The molecule has 0 radical (unpaired) electrons. The average Bonchev–Trinajstić information content (AvgIpc) is 3.27. The van der Waals surface area contributed by atoms with Crippen LogP contribution < -0.4 is 14.8 Å². The van der Waals surface area contributed by atoms with Gasteiger partial charge in [-0.3, -0.25) is 9.59 Å². The Morgan fingerprint density at radius 3 is 2.78 bits per heavy atom. The molecule has 1 aliphatic heterocycles. The third-order valence-corrected chi connectivity index (χ3v) is 6.23. The molecule has 4 rings (SSSR count). The highest BCUT2D eigenvalue weighted by atomic mass is 32.1. The molecule has 0 saturated carbocycles. The molecular weight excluding hydrogens is 433 g/mol. The van der Waals surface area contributed by atoms with Gasteiger partial charge in [-0.25, -0.2) is 9.40 Å². The van der Waals surface area contributed by atoms with Crippen molar-refractivity contribution in [3.63, 3.8) is 0 Å². The molecule has 9 heteroatoms. The molecule has 0 saturated heterocycles. The SMILES string of the molecule is COc1ccc(C(=O)NCC(=O)N2CCCC(c3csc4c(F)cccc34)=N2)cc1OC. The van der Waals surface area contributed by atoms with E-state index >= 15 is 0 Å². The number of methoxy groups -OCH3 is 2. The first-order chi connectivity index (χ1) is 15.5. The number of halogens is 1. The number of nitrogens with zero attached hydrogens (tertiary/aromatic N) is 2. The molecule has 1 aromatic heterocycles. The third kappa shape index (κ3) is 4.29. The minimum atomic E-state index is -0.403. The lowest BCUT2D eigenvalue weighted by molar-refractivity contribution is -0.130. The molecule has 2 heterocycles. The minimum Gasteiger partial charge on any atom is -0.493 e. The van der Waals surface area contributed by atoms with Crippen molar-refractivity contribution < 1.29 is 23.5 Å². The fourth-order valence-corrected chi connectivity index (χ4v) is 4.57. The topological polar surface area (TPSA) is 80.2 Å². The number of hydrogen-bond acceptors (Lipinski definition) is 6. The van der Waals surface area contributed by atoms with Crippen molar-refractivity contribution in [3.8, 4) is 11.5 Å². The van der Waals surface area contributed by atoms with Gasteiger partial charge in [0.25, 0.3) is 11.8 Å². The number of hydrazone groups is 1. The predicted molar refractivity (Wildman–Crippen MR) is 121 cm³/mol. The average molecular weight is 456 g/mol. The Kier molecular flexibility index (Phi) is 6.36. The van der Waals surface area contributed by atoms with Gasteiger partial charge in [-0.1, -0.05) is 12.1 Å². The smallest absolute Gasteiger partial charge is 0.262 e. The highest BCUT2D eigenvalue weighted by Gasteiger charge is 2.22. The minimum absolute atomic E-state index is 0.191. The van der Waals surface area contributed by atoms with E-state index in [0.717, 1.165) is 23.1 Å². The Bertz CT molecular complexity index is 1210.